The zero-order chi connectivity index (χ0) is 0. The summed E-state index contributed by atoms with van der Waals surface area (Å²) in [4.78, 5) is 0. The monoisotopic (exact) mass is 68.0 g/mol. The topological polar surface area (TPSA) is 0 Å². The van der Waals surface area contributed by atoms with E-state index in [2.05, 4.69) is 0 Å². The van der Waals surface area contributed by atoms with Crippen LogP contribution in [0.25, 0.3) is 0 Å². The third-order valence-electron chi connectivity index (χ3n) is 0. The summed E-state index contributed by atoms with van der Waals surface area (Å²) in [6, 6.07) is 0. The molecule has 0 aliphatic rings. The minimum atomic E-state index is 0. The molecule has 0 fully saturated rings. The molecule has 8 valence electrons. The molecule has 0 saturated carbocycles. The maximum Gasteiger partial charge on any atom is 0 e. The van der Waals surface area contributed by atoms with Gasteiger partial charge in [0, 0.05) is 72.4 Å². The molecule has 8 radical (unpaired) electrons. The van der Waals surface area contributed by atoms with E-state index in [1.54, 1.807) is 0 Å². The predicted octanol–water partition coefficient (Wildman–Crippen LogP) is -1.52. The molecule has 0 saturated heterocycles. The van der Waals surface area contributed by atoms with Crippen molar-refractivity contribution < 1.29 is 0 Å². The van der Waals surface area contributed by atoms with Gasteiger partial charge in [-0.1, -0.05) is 0 Å². The molecule has 0 aliphatic heterocycles. The van der Waals surface area contributed by atoms with E-state index in [9.17, 15) is 0 Å². The fraction of sp³-hybridized carbons (Fsp3) is 0. The zero-order valence-electron chi connectivity index (χ0n) is 3.15. The van der Waals surface area contributed by atoms with Gasteiger partial charge >= 0.3 is 0 Å². The van der Waals surface area contributed by atoms with Crippen LogP contribution in [-0.2, 0) is 0 Å². The minimum Gasteiger partial charge on any atom is 0 e. The van der Waals surface area contributed by atoms with Crippen molar-refractivity contribution in [3.05, 3.63) is 0 Å². The first kappa shape index (κ1) is 33.9. The fourth-order valence-corrected chi connectivity index (χ4v) is 0. The van der Waals surface area contributed by atoms with Crippen molar-refractivity contribution in [2.24, 2.45) is 0 Å². The third-order valence-corrected chi connectivity index (χ3v) is 0. The van der Waals surface area contributed by atoms with Crippen LogP contribution < -0.4 is 0 Å². The Hall–Kier alpha value is 2.26. The van der Waals surface area contributed by atoms with E-state index in [0.29, 0.717) is 0 Å². The molecule has 0 bridgehead atoms. The molecule has 0 rings (SSSR count). The Balaban J connectivity index is 0. The SMILES string of the molecule is [Al].[Al].[Li].[Li]. The van der Waals surface area contributed by atoms with Crippen molar-refractivity contribution in [1.29, 1.82) is 0 Å². The first-order valence-electron chi connectivity index (χ1n) is 0. The van der Waals surface area contributed by atoms with Crippen LogP contribution in [0.3, 0.4) is 0 Å². The van der Waals surface area contributed by atoms with Gasteiger partial charge in [-0.15, -0.1) is 0 Å². The smallest absolute Gasteiger partial charge is 0 e. The molecule has 0 nitrogen and oxygen atoms in total. The van der Waals surface area contributed by atoms with Crippen molar-refractivity contribution in [3.8, 4) is 0 Å². The van der Waals surface area contributed by atoms with Crippen LogP contribution in [0.1, 0.15) is 0 Å². The zero-order valence-corrected chi connectivity index (χ0v) is 5.46. The van der Waals surface area contributed by atoms with Crippen LogP contribution in [0, 0.1) is 0 Å². The molecule has 0 aromatic heterocycles. The van der Waals surface area contributed by atoms with Crippen molar-refractivity contribution in [2.45, 2.75) is 0 Å². The molecule has 4 heteroatoms. The van der Waals surface area contributed by atoms with E-state index in [0.717, 1.165) is 0 Å². The van der Waals surface area contributed by atoms with Crippen LogP contribution in [0.4, 0.5) is 0 Å². The average molecular weight is 67.8 g/mol. The second-order valence-electron chi connectivity index (χ2n) is 0. The van der Waals surface area contributed by atoms with Gasteiger partial charge in [0.2, 0.25) is 0 Å². The van der Waals surface area contributed by atoms with E-state index in [1.807, 2.05) is 0 Å². The van der Waals surface area contributed by atoms with Gasteiger partial charge < -0.3 is 0 Å². The molecule has 0 atom stereocenters. The summed E-state index contributed by atoms with van der Waals surface area (Å²) in [6.07, 6.45) is 0. The molecule has 0 aromatic rings. The molecular formula is Al2Li2. The normalized spacial score (nSPS) is 0. The second kappa shape index (κ2) is 18.7. The van der Waals surface area contributed by atoms with Crippen molar-refractivity contribution in [1.82, 2.24) is 0 Å². The molecule has 0 heterocycles. The molecular weight excluding hydrogens is 67.8 g/mol. The number of rotatable bonds is 0. The molecule has 0 aliphatic carbocycles. The third kappa shape index (κ3) is 8.86. The van der Waals surface area contributed by atoms with Crippen LogP contribution in [-0.4, -0.2) is 72.4 Å². The summed E-state index contributed by atoms with van der Waals surface area (Å²) in [6.45, 7) is 0. The first-order valence-corrected chi connectivity index (χ1v) is 0. The maximum atomic E-state index is 0. The number of hydrogen-bond acceptors (Lipinski definition) is 0. The largest absolute Gasteiger partial charge is 0 e. The van der Waals surface area contributed by atoms with E-state index < -0.39 is 0 Å². The van der Waals surface area contributed by atoms with Gasteiger partial charge in [-0.3, -0.25) is 0 Å². The molecule has 4 heavy (non-hydrogen) atoms. The molecule has 0 amide bonds. The van der Waals surface area contributed by atoms with Crippen molar-refractivity contribution in [3.63, 3.8) is 0 Å². The van der Waals surface area contributed by atoms with Gasteiger partial charge in [0.25, 0.3) is 0 Å². The molecule has 0 aromatic carbocycles. The molecule has 0 N–H and O–H groups in total. The van der Waals surface area contributed by atoms with E-state index >= 15 is 0 Å². The van der Waals surface area contributed by atoms with Gasteiger partial charge in [0.1, 0.15) is 0 Å². The van der Waals surface area contributed by atoms with Gasteiger partial charge in [-0.05, 0) is 0 Å². The first-order chi connectivity index (χ1) is 0. The van der Waals surface area contributed by atoms with Crippen LogP contribution in [0.5, 0.6) is 0 Å². The molecule has 0 unspecified atom stereocenters. The fourth-order valence-electron chi connectivity index (χ4n) is 0. The van der Waals surface area contributed by atoms with Crippen molar-refractivity contribution in [2.75, 3.05) is 0 Å². The minimum absolute atomic E-state index is 0. The summed E-state index contributed by atoms with van der Waals surface area (Å²) in [7, 11) is 0. The van der Waals surface area contributed by atoms with E-state index in [1.165, 1.54) is 0 Å². The van der Waals surface area contributed by atoms with Crippen LogP contribution in [0.2, 0.25) is 0 Å². The van der Waals surface area contributed by atoms with Gasteiger partial charge in [0.05, 0.1) is 0 Å². The van der Waals surface area contributed by atoms with Gasteiger partial charge in [0.15, 0.2) is 0 Å². The Morgan fingerprint density at radius 2 is 0.500 bits per heavy atom. The Kier molecular flexibility index (Phi) is 158. The summed E-state index contributed by atoms with van der Waals surface area (Å²) in [5, 5.41) is 0. The predicted molar refractivity (Wildman–Crippen MR) is 23.0 cm³/mol. The Morgan fingerprint density at radius 1 is 0.500 bits per heavy atom. The number of hydrogen-bond donors (Lipinski definition) is 0. The summed E-state index contributed by atoms with van der Waals surface area (Å²) >= 11 is 0. The summed E-state index contributed by atoms with van der Waals surface area (Å²) < 4.78 is 0. The van der Waals surface area contributed by atoms with E-state index in [-0.39, 0.29) is 72.4 Å². The maximum absolute atomic E-state index is 0. The Bertz CT molecular complexity index is 4.00. The molecule has 0 spiro atoms. The summed E-state index contributed by atoms with van der Waals surface area (Å²) in [5.74, 6) is 0. The van der Waals surface area contributed by atoms with Crippen LogP contribution in [0.15, 0.2) is 0 Å². The Labute approximate surface area is 71.7 Å². The van der Waals surface area contributed by atoms with Crippen LogP contribution >= 0.6 is 0 Å². The Morgan fingerprint density at radius 3 is 0.500 bits per heavy atom. The second-order valence-corrected chi connectivity index (χ2v) is 0. The van der Waals surface area contributed by atoms with E-state index in [4.69, 9.17) is 0 Å². The van der Waals surface area contributed by atoms with Gasteiger partial charge in [-0.25, -0.2) is 0 Å². The summed E-state index contributed by atoms with van der Waals surface area (Å²) in [5.41, 5.74) is 0. The quantitative estimate of drug-likeness (QED) is 0.302. The average Bonchev–Trinajstić information content (AvgIpc) is 0. The van der Waals surface area contributed by atoms with Gasteiger partial charge in [-0.2, -0.15) is 0 Å². The standard InChI is InChI=1S/2Al.2Li. The van der Waals surface area contributed by atoms with Crippen molar-refractivity contribution >= 4 is 72.4 Å².